The average Bonchev–Trinajstić information content (AvgIpc) is 2.27. The Kier molecular flexibility index (Phi) is 4.12. The Labute approximate surface area is 104 Å². The largest absolute Gasteiger partial charge is 0.494 e. The summed E-state index contributed by atoms with van der Waals surface area (Å²) in [6.45, 7) is 0. The second-order valence-electron chi connectivity index (χ2n) is 3.64. The molecular weight excluding hydrogens is 278 g/mol. The summed E-state index contributed by atoms with van der Waals surface area (Å²) in [7, 11) is 1.15. The molecular formula is C11H8F6O2. The summed E-state index contributed by atoms with van der Waals surface area (Å²) >= 11 is 0. The van der Waals surface area contributed by atoms with E-state index < -0.39 is 30.1 Å². The summed E-state index contributed by atoms with van der Waals surface area (Å²) in [6.07, 6.45) is -7.19. The Morgan fingerprint density at radius 3 is 2.21 bits per heavy atom. The molecule has 0 N–H and O–H groups in total. The van der Waals surface area contributed by atoms with Gasteiger partial charge in [0, 0.05) is 6.42 Å². The van der Waals surface area contributed by atoms with Crippen LogP contribution in [0.15, 0.2) is 18.2 Å². The second kappa shape index (κ2) is 5.10. The van der Waals surface area contributed by atoms with Crippen LogP contribution in [0.1, 0.15) is 5.56 Å². The molecule has 0 aromatic heterocycles. The van der Waals surface area contributed by atoms with Crippen LogP contribution in [-0.4, -0.2) is 25.0 Å². The van der Waals surface area contributed by atoms with Gasteiger partial charge in [-0.15, -0.1) is 0 Å². The van der Waals surface area contributed by atoms with E-state index in [1.165, 1.54) is 0 Å². The summed E-state index contributed by atoms with van der Waals surface area (Å²) in [5.74, 6) is -8.96. The first-order chi connectivity index (χ1) is 8.59. The third-order valence-electron chi connectivity index (χ3n) is 2.29. The summed E-state index contributed by atoms with van der Waals surface area (Å²) in [5.41, 5.74) is -0.299. The van der Waals surface area contributed by atoms with Gasteiger partial charge in [-0.05, 0) is 17.7 Å². The van der Waals surface area contributed by atoms with E-state index >= 15 is 0 Å². The number of benzene rings is 1. The van der Waals surface area contributed by atoms with Crippen LogP contribution < -0.4 is 4.74 Å². The molecule has 0 aliphatic carbocycles. The van der Waals surface area contributed by atoms with Crippen molar-refractivity contribution in [2.45, 2.75) is 18.5 Å². The molecule has 0 amide bonds. The highest BCUT2D eigenvalue weighted by molar-refractivity contribution is 5.88. The lowest BCUT2D eigenvalue weighted by molar-refractivity contribution is -0.268. The number of hydrogen-bond donors (Lipinski definition) is 0. The SMILES string of the molecule is COc1ccc(CC(=O)C(F)(F)C(F)(F)F)cc1F. The molecule has 2 nitrogen and oxygen atoms in total. The van der Waals surface area contributed by atoms with Crippen LogP contribution >= 0.6 is 0 Å². The molecule has 106 valence electrons. The number of Topliss-reactive ketones (excluding diaryl/α,β-unsaturated/α-hetero) is 1. The van der Waals surface area contributed by atoms with Gasteiger partial charge >= 0.3 is 12.1 Å². The van der Waals surface area contributed by atoms with E-state index in [0.29, 0.717) is 6.07 Å². The second-order valence-corrected chi connectivity index (χ2v) is 3.64. The van der Waals surface area contributed by atoms with Gasteiger partial charge in [0.2, 0.25) is 5.78 Å². The number of alkyl halides is 5. The Morgan fingerprint density at radius 2 is 1.79 bits per heavy atom. The van der Waals surface area contributed by atoms with Crippen molar-refractivity contribution in [3.05, 3.63) is 29.6 Å². The van der Waals surface area contributed by atoms with Gasteiger partial charge in [0.1, 0.15) is 0 Å². The first kappa shape index (κ1) is 15.3. The van der Waals surface area contributed by atoms with Crippen LogP contribution in [0.3, 0.4) is 0 Å². The molecule has 0 aliphatic rings. The maximum Gasteiger partial charge on any atom is 0.461 e. The third-order valence-corrected chi connectivity index (χ3v) is 2.29. The molecule has 0 saturated carbocycles. The van der Waals surface area contributed by atoms with Crippen LogP contribution in [-0.2, 0) is 11.2 Å². The molecule has 0 spiro atoms. The number of ether oxygens (including phenoxy) is 1. The van der Waals surface area contributed by atoms with Crippen molar-refractivity contribution in [2.75, 3.05) is 7.11 Å². The molecule has 19 heavy (non-hydrogen) atoms. The summed E-state index contributed by atoms with van der Waals surface area (Å²) in [5, 5.41) is 0. The predicted molar refractivity (Wildman–Crippen MR) is 52.7 cm³/mol. The molecule has 0 radical (unpaired) electrons. The van der Waals surface area contributed by atoms with Crippen molar-refractivity contribution in [3.63, 3.8) is 0 Å². The van der Waals surface area contributed by atoms with E-state index in [0.717, 1.165) is 19.2 Å². The quantitative estimate of drug-likeness (QED) is 0.795. The number of carbonyl (C=O) groups excluding carboxylic acids is 1. The number of ketones is 1. The monoisotopic (exact) mass is 286 g/mol. The van der Waals surface area contributed by atoms with Crippen LogP contribution in [0.25, 0.3) is 0 Å². The van der Waals surface area contributed by atoms with Crippen molar-refractivity contribution >= 4 is 5.78 Å². The molecule has 1 rings (SSSR count). The van der Waals surface area contributed by atoms with E-state index in [1.807, 2.05) is 0 Å². The van der Waals surface area contributed by atoms with E-state index in [4.69, 9.17) is 0 Å². The molecule has 0 saturated heterocycles. The minimum absolute atomic E-state index is 0.209. The molecule has 0 aliphatic heterocycles. The molecule has 0 heterocycles. The normalized spacial score (nSPS) is 12.4. The summed E-state index contributed by atoms with van der Waals surface area (Å²) < 4.78 is 78.8. The van der Waals surface area contributed by atoms with Gasteiger partial charge in [-0.2, -0.15) is 22.0 Å². The van der Waals surface area contributed by atoms with Crippen LogP contribution in [0.2, 0.25) is 0 Å². The maximum atomic E-state index is 13.2. The number of rotatable bonds is 4. The third kappa shape index (κ3) is 3.18. The van der Waals surface area contributed by atoms with E-state index in [1.54, 1.807) is 0 Å². The van der Waals surface area contributed by atoms with Crippen molar-refractivity contribution in [1.82, 2.24) is 0 Å². The van der Waals surface area contributed by atoms with Gasteiger partial charge in [0.15, 0.2) is 11.6 Å². The first-order valence-corrected chi connectivity index (χ1v) is 4.90. The summed E-state index contributed by atoms with van der Waals surface area (Å²) in [6, 6.07) is 2.74. The average molecular weight is 286 g/mol. The molecule has 1 aromatic rings. The van der Waals surface area contributed by atoms with Crippen LogP contribution in [0.5, 0.6) is 5.75 Å². The highest BCUT2D eigenvalue weighted by atomic mass is 19.4. The number of halogens is 6. The van der Waals surface area contributed by atoms with Crippen molar-refractivity contribution < 1.29 is 35.9 Å². The van der Waals surface area contributed by atoms with Gasteiger partial charge < -0.3 is 4.74 Å². The van der Waals surface area contributed by atoms with Crippen LogP contribution in [0.4, 0.5) is 26.3 Å². The molecule has 8 heteroatoms. The Morgan fingerprint density at radius 1 is 1.21 bits per heavy atom. The molecule has 0 atom stereocenters. The predicted octanol–water partition coefficient (Wildman–Crippen LogP) is 3.14. The highest BCUT2D eigenvalue weighted by Gasteiger charge is 2.62. The number of hydrogen-bond acceptors (Lipinski definition) is 2. The topological polar surface area (TPSA) is 26.3 Å². The Balaban J connectivity index is 2.92. The standard InChI is InChI=1S/C11H8F6O2/c1-19-8-3-2-6(4-7(8)12)5-9(18)10(13,14)11(15,16)17/h2-4H,5H2,1H3. The van der Waals surface area contributed by atoms with Gasteiger partial charge in [0.05, 0.1) is 7.11 Å². The molecule has 1 aromatic carbocycles. The fourth-order valence-corrected chi connectivity index (χ4v) is 1.27. The van der Waals surface area contributed by atoms with E-state index in [-0.39, 0.29) is 11.3 Å². The lowest BCUT2D eigenvalue weighted by atomic mass is 10.0. The fourth-order valence-electron chi connectivity index (χ4n) is 1.27. The van der Waals surface area contributed by atoms with E-state index in [9.17, 15) is 31.1 Å². The fraction of sp³-hybridized carbons (Fsp3) is 0.364. The van der Waals surface area contributed by atoms with Crippen molar-refractivity contribution in [1.29, 1.82) is 0 Å². The van der Waals surface area contributed by atoms with Crippen LogP contribution in [0, 0.1) is 5.82 Å². The Hall–Kier alpha value is -1.73. The van der Waals surface area contributed by atoms with E-state index in [2.05, 4.69) is 4.74 Å². The first-order valence-electron chi connectivity index (χ1n) is 4.90. The van der Waals surface area contributed by atoms with Gasteiger partial charge in [-0.25, -0.2) is 4.39 Å². The van der Waals surface area contributed by atoms with Crippen molar-refractivity contribution in [2.24, 2.45) is 0 Å². The summed E-state index contributed by atoms with van der Waals surface area (Å²) in [4.78, 5) is 10.9. The molecule has 0 fully saturated rings. The van der Waals surface area contributed by atoms with Gasteiger partial charge in [0.25, 0.3) is 0 Å². The number of methoxy groups -OCH3 is 1. The van der Waals surface area contributed by atoms with Gasteiger partial charge in [-0.3, -0.25) is 4.79 Å². The smallest absolute Gasteiger partial charge is 0.461 e. The highest BCUT2D eigenvalue weighted by Crippen LogP contribution is 2.37. The zero-order chi connectivity index (χ0) is 14.8. The maximum absolute atomic E-state index is 13.2. The van der Waals surface area contributed by atoms with Gasteiger partial charge in [-0.1, -0.05) is 6.07 Å². The molecule has 0 bridgehead atoms. The zero-order valence-corrected chi connectivity index (χ0v) is 9.52. The Bertz CT molecular complexity index is 481. The number of carbonyl (C=O) groups is 1. The zero-order valence-electron chi connectivity index (χ0n) is 9.52. The molecule has 0 unspecified atom stereocenters. The lowest BCUT2D eigenvalue weighted by Crippen LogP contribution is -2.44. The lowest BCUT2D eigenvalue weighted by Gasteiger charge is -2.18. The van der Waals surface area contributed by atoms with Crippen molar-refractivity contribution in [3.8, 4) is 5.75 Å². The minimum atomic E-state index is -5.96. The minimum Gasteiger partial charge on any atom is -0.494 e.